The van der Waals surface area contributed by atoms with E-state index in [1.807, 2.05) is 48.5 Å². The molecule has 0 aliphatic rings. The summed E-state index contributed by atoms with van der Waals surface area (Å²) in [6, 6.07) is 21.0. The molecule has 3 aromatic rings. The number of benzene rings is 3. The van der Waals surface area contributed by atoms with Gasteiger partial charge in [0.2, 0.25) is 0 Å². The minimum absolute atomic E-state index is 0.0526. The van der Waals surface area contributed by atoms with Crippen LogP contribution in [-0.4, -0.2) is 23.5 Å². The number of halogens is 1. The number of nitrogens with one attached hydrogen (secondary N) is 2. The number of hydrogen-bond donors (Lipinski definition) is 3. The largest absolute Gasteiger partial charge is 0.507 e. The summed E-state index contributed by atoms with van der Waals surface area (Å²) in [4.78, 5) is 24.1. The average Bonchev–Trinajstić information content (AvgIpc) is 2.73. The number of hydrazine groups is 1. The second kappa shape index (κ2) is 8.92. The van der Waals surface area contributed by atoms with Crippen LogP contribution >= 0.6 is 11.6 Å². The topological polar surface area (TPSA) is 87.7 Å². The molecule has 3 N–H and O–H groups in total. The van der Waals surface area contributed by atoms with Gasteiger partial charge in [0.1, 0.15) is 11.5 Å². The molecule has 3 rings (SSSR count). The molecule has 0 heterocycles. The molecule has 0 fully saturated rings. The number of hydrogen-bond acceptors (Lipinski definition) is 4. The van der Waals surface area contributed by atoms with Crippen molar-refractivity contribution in [3.63, 3.8) is 0 Å². The third kappa shape index (κ3) is 4.81. The fourth-order valence-corrected chi connectivity index (χ4v) is 2.68. The van der Waals surface area contributed by atoms with Crippen molar-refractivity contribution in [2.24, 2.45) is 0 Å². The predicted octanol–water partition coefficient (Wildman–Crippen LogP) is 3.55. The van der Waals surface area contributed by atoms with Crippen molar-refractivity contribution in [2.75, 3.05) is 6.61 Å². The highest BCUT2D eigenvalue weighted by molar-refractivity contribution is 6.31. The van der Waals surface area contributed by atoms with E-state index in [1.165, 1.54) is 18.2 Å². The van der Waals surface area contributed by atoms with Crippen LogP contribution in [-0.2, 0) is 4.79 Å². The Morgan fingerprint density at radius 3 is 2.43 bits per heavy atom. The summed E-state index contributed by atoms with van der Waals surface area (Å²) in [7, 11) is 0. The highest BCUT2D eigenvalue weighted by Crippen LogP contribution is 2.29. The smallest absolute Gasteiger partial charge is 0.276 e. The Bertz CT molecular complexity index is 993. The molecule has 3 aromatic carbocycles. The van der Waals surface area contributed by atoms with Gasteiger partial charge in [0, 0.05) is 10.6 Å². The van der Waals surface area contributed by atoms with Crippen molar-refractivity contribution in [1.29, 1.82) is 0 Å². The summed E-state index contributed by atoms with van der Waals surface area (Å²) in [6.07, 6.45) is 0. The number of aromatic hydroxyl groups is 1. The Balaban J connectivity index is 1.58. The third-order valence-corrected chi connectivity index (χ3v) is 4.08. The van der Waals surface area contributed by atoms with Crippen LogP contribution in [0, 0.1) is 0 Å². The first-order valence-electron chi connectivity index (χ1n) is 8.39. The number of para-hydroxylation sites is 1. The SMILES string of the molecule is O=C(COc1ccccc1-c1ccccc1)NNC(=O)c1cc(Cl)ccc1O. The van der Waals surface area contributed by atoms with Crippen LogP contribution in [0.15, 0.2) is 72.8 Å². The second-order valence-electron chi connectivity index (χ2n) is 5.81. The molecule has 0 atom stereocenters. The molecule has 6 nitrogen and oxygen atoms in total. The maximum absolute atomic E-state index is 12.1. The molecular weight excluding hydrogens is 380 g/mol. The zero-order valence-electron chi connectivity index (χ0n) is 14.7. The van der Waals surface area contributed by atoms with E-state index in [9.17, 15) is 14.7 Å². The van der Waals surface area contributed by atoms with Gasteiger partial charge in [-0.2, -0.15) is 0 Å². The van der Waals surface area contributed by atoms with Gasteiger partial charge in [-0.05, 0) is 29.8 Å². The molecule has 0 aromatic heterocycles. The van der Waals surface area contributed by atoms with Crippen LogP contribution in [0.4, 0.5) is 0 Å². The monoisotopic (exact) mass is 396 g/mol. The van der Waals surface area contributed by atoms with Gasteiger partial charge in [0.25, 0.3) is 11.8 Å². The Hall–Kier alpha value is -3.51. The minimum atomic E-state index is -0.696. The van der Waals surface area contributed by atoms with E-state index in [-0.39, 0.29) is 22.9 Å². The van der Waals surface area contributed by atoms with Crippen molar-refractivity contribution >= 4 is 23.4 Å². The molecule has 0 bridgehead atoms. The fourth-order valence-electron chi connectivity index (χ4n) is 2.51. The maximum Gasteiger partial charge on any atom is 0.276 e. The van der Waals surface area contributed by atoms with E-state index in [4.69, 9.17) is 16.3 Å². The van der Waals surface area contributed by atoms with E-state index in [0.717, 1.165) is 11.1 Å². The van der Waals surface area contributed by atoms with Crippen LogP contribution in [0.25, 0.3) is 11.1 Å². The molecule has 0 aliphatic heterocycles. The minimum Gasteiger partial charge on any atom is -0.507 e. The van der Waals surface area contributed by atoms with Crippen molar-refractivity contribution in [1.82, 2.24) is 10.9 Å². The van der Waals surface area contributed by atoms with Gasteiger partial charge in [-0.25, -0.2) is 0 Å². The quantitative estimate of drug-likeness (QED) is 0.575. The van der Waals surface area contributed by atoms with E-state index in [2.05, 4.69) is 10.9 Å². The van der Waals surface area contributed by atoms with E-state index in [1.54, 1.807) is 6.07 Å². The Labute approximate surface area is 166 Å². The van der Waals surface area contributed by atoms with Gasteiger partial charge < -0.3 is 9.84 Å². The van der Waals surface area contributed by atoms with Crippen LogP contribution in [0.1, 0.15) is 10.4 Å². The predicted molar refractivity (Wildman–Crippen MR) is 106 cm³/mol. The lowest BCUT2D eigenvalue weighted by atomic mass is 10.1. The Kier molecular flexibility index (Phi) is 6.14. The first-order valence-corrected chi connectivity index (χ1v) is 8.77. The van der Waals surface area contributed by atoms with Gasteiger partial charge >= 0.3 is 0 Å². The number of phenolic OH excluding ortho intramolecular Hbond substituents is 1. The van der Waals surface area contributed by atoms with Crippen molar-refractivity contribution < 1.29 is 19.4 Å². The van der Waals surface area contributed by atoms with Gasteiger partial charge in [0.15, 0.2) is 6.61 Å². The number of amides is 2. The fraction of sp³-hybridized carbons (Fsp3) is 0.0476. The molecule has 28 heavy (non-hydrogen) atoms. The number of ether oxygens (including phenoxy) is 1. The lowest BCUT2D eigenvalue weighted by Crippen LogP contribution is -2.43. The van der Waals surface area contributed by atoms with Crippen molar-refractivity contribution in [3.8, 4) is 22.6 Å². The van der Waals surface area contributed by atoms with E-state index in [0.29, 0.717) is 5.75 Å². The molecule has 2 amide bonds. The number of phenols is 1. The molecule has 0 saturated carbocycles. The summed E-state index contributed by atoms with van der Waals surface area (Å²) in [6.45, 7) is -0.300. The second-order valence-corrected chi connectivity index (χ2v) is 6.25. The molecule has 142 valence electrons. The number of rotatable bonds is 5. The van der Waals surface area contributed by atoms with Crippen LogP contribution in [0.2, 0.25) is 5.02 Å². The number of carbonyl (C=O) groups is 2. The summed E-state index contributed by atoms with van der Waals surface area (Å²) in [5.41, 5.74) is 6.21. The van der Waals surface area contributed by atoms with Gasteiger partial charge in [-0.1, -0.05) is 60.1 Å². The van der Waals surface area contributed by atoms with E-state index >= 15 is 0 Å². The number of carbonyl (C=O) groups excluding carboxylic acids is 2. The van der Waals surface area contributed by atoms with E-state index < -0.39 is 11.8 Å². The lowest BCUT2D eigenvalue weighted by Gasteiger charge is -2.12. The molecular formula is C21H17ClN2O4. The summed E-state index contributed by atoms with van der Waals surface area (Å²) in [5, 5.41) is 9.99. The standard InChI is InChI=1S/C21H17ClN2O4/c22-15-10-11-18(25)17(12-15)21(27)24-23-20(26)13-28-19-9-5-4-8-16(19)14-6-2-1-3-7-14/h1-12,25H,13H2,(H,23,26)(H,24,27). The Morgan fingerprint density at radius 1 is 0.929 bits per heavy atom. The molecule has 0 saturated heterocycles. The van der Waals surface area contributed by atoms with Crippen molar-refractivity contribution in [3.05, 3.63) is 83.4 Å². The molecule has 0 spiro atoms. The summed E-state index contributed by atoms with van der Waals surface area (Å²) >= 11 is 5.81. The summed E-state index contributed by atoms with van der Waals surface area (Å²) in [5.74, 6) is -0.956. The van der Waals surface area contributed by atoms with Crippen LogP contribution < -0.4 is 15.6 Å². The first-order chi connectivity index (χ1) is 13.5. The van der Waals surface area contributed by atoms with Gasteiger partial charge in [-0.15, -0.1) is 0 Å². The van der Waals surface area contributed by atoms with Gasteiger partial charge in [-0.3, -0.25) is 20.4 Å². The molecule has 0 unspecified atom stereocenters. The zero-order valence-corrected chi connectivity index (χ0v) is 15.4. The highest BCUT2D eigenvalue weighted by Gasteiger charge is 2.13. The average molecular weight is 397 g/mol. The molecule has 0 aliphatic carbocycles. The highest BCUT2D eigenvalue weighted by atomic mass is 35.5. The van der Waals surface area contributed by atoms with Crippen LogP contribution in [0.3, 0.4) is 0 Å². The molecule has 0 radical (unpaired) electrons. The lowest BCUT2D eigenvalue weighted by molar-refractivity contribution is -0.123. The zero-order chi connectivity index (χ0) is 19.9. The Morgan fingerprint density at radius 2 is 1.64 bits per heavy atom. The maximum atomic E-state index is 12.1. The first kappa shape index (κ1) is 19.3. The van der Waals surface area contributed by atoms with Crippen molar-refractivity contribution in [2.45, 2.75) is 0 Å². The molecule has 7 heteroatoms. The van der Waals surface area contributed by atoms with Gasteiger partial charge in [0.05, 0.1) is 5.56 Å². The normalized spacial score (nSPS) is 10.2. The van der Waals surface area contributed by atoms with Crippen LogP contribution in [0.5, 0.6) is 11.5 Å². The summed E-state index contributed by atoms with van der Waals surface area (Å²) < 4.78 is 5.60. The third-order valence-electron chi connectivity index (χ3n) is 3.85.